The summed E-state index contributed by atoms with van der Waals surface area (Å²) in [5.41, 5.74) is 3.26. The number of carbonyl (C=O) groups is 1. The van der Waals surface area contributed by atoms with E-state index in [4.69, 9.17) is 9.72 Å². The van der Waals surface area contributed by atoms with Crippen molar-refractivity contribution in [2.45, 2.75) is 32.0 Å². The normalized spacial score (nSPS) is 15.4. The number of aromatic nitrogens is 2. The lowest BCUT2D eigenvalue weighted by Crippen LogP contribution is -2.24. The quantitative estimate of drug-likeness (QED) is 0.496. The fourth-order valence-electron chi connectivity index (χ4n) is 4.19. The van der Waals surface area contributed by atoms with Crippen LogP contribution >= 0.6 is 12.4 Å². The van der Waals surface area contributed by atoms with Crippen LogP contribution in [0.1, 0.15) is 35.0 Å². The zero-order valence-corrected chi connectivity index (χ0v) is 20.7. The fraction of sp³-hybridized carbons (Fsp3) is 0.346. The predicted octanol–water partition coefficient (Wildman–Crippen LogP) is 4.10. The molecule has 1 saturated heterocycles. The monoisotopic (exact) mass is 481 g/mol. The summed E-state index contributed by atoms with van der Waals surface area (Å²) in [5.74, 6) is 2.63. The van der Waals surface area contributed by atoms with Gasteiger partial charge in [-0.2, -0.15) is 0 Å². The Morgan fingerprint density at radius 3 is 2.47 bits per heavy atom. The number of halogens is 1. The molecule has 0 bridgehead atoms. The Hall–Kier alpha value is -3.16. The zero-order chi connectivity index (χ0) is 23.2. The summed E-state index contributed by atoms with van der Waals surface area (Å²) < 4.78 is 5.24. The summed E-state index contributed by atoms with van der Waals surface area (Å²) in [6.07, 6.45) is 0.480. The summed E-state index contributed by atoms with van der Waals surface area (Å²) in [5, 5.41) is 3.15. The average molecular weight is 482 g/mol. The summed E-state index contributed by atoms with van der Waals surface area (Å²) in [6, 6.07) is 20.2. The van der Waals surface area contributed by atoms with Gasteiger partial charge in [-0.1, -0.05) is 42.5 Å². The number of amides is 1. The first-order valence-corrected chi connectivity index (χ1v) is 11.2. The van der Waals surface area contributed by atoms with E-state index in [-0.39, 0.29) is 24.2 Å². The lowest BCUT2D eigenvalue weighted by molar-refractivity contribution is -0.128. The van der Waals surface area contributed by atoms with Crippen LogP contribution in [0.5, 0.6) is 5.75 Å². The van der Waals surface area contributed by atoms with Crippen molar-refractivity contribution in [1.82, 2.24) is 19.8 Å². The first kappa shape index (κ1) is 25.5. The number of methoxy groups -OCH3 is 1. The average Bonchev–Trinajstić information content (AvgIpc) is 3.20. The number of benzene rings is 2. The van der Waals surface area contributed by atoms with Crippen LogP contribution in [0.3, 0.4) is 0 Å². The van der Waals surface area contributed by atoms with Crippen LogP contribution in [0.15, 0.2) is 60.7 Å². The highest BCUT2D eigenvalue weighted by molar-refractivity contribution is 5.85. The minimum absolute atomic E-state index is 0. The Morgan fingerprint density at radius 1 is 1.06 bits per heavy atom. The van der Waals surface area contributed by atoms with Crippen molar-refractivity contribution in [2.24, 2.45) is 0 Å². The van der Waals surface area contributed by atoms with Gasteiger partial charge in [0.2, 0.25) is 5.91 Å². The van der Waals surface area contributed by atoms with Gasteiger partial charge < -0.3 is 15.0 Å². The van der Waals surface area contributed by atoms with E-state index < -0.39 is 0 Å². The maximum atomic E-state index is 12.7. The third-order valence-electron chi connectivity index (χ3n) is 5.92. The van der Waals surface area contributed by atoms with Crippen molar-refractivity contribution in [2.75, 3.05) is 33.1 Å². The van der Waals surface area contributed by atoms with E-state index in [1.54, 1.807) is 7.11 Å². The van der Waals surface area contributed by atoms with Crippen molar-refractivity contribution < 1.29 is 9.53 Å². The van der Waals surface area contributed by atoms with Crippen LogP contribution in [0.4, 0.5) is 5.82 Å². The number of hydrogen-bond acceptors (Lipinski definition) is 6. The number of hydrogen-bond donors (Lipinski definition) is 1. The smallest absolute Gasteiger partial charge is 0.223 e. The van der Waals surface area contributed by atoms with Gasteiger partial charge in [0.25, 0.3) is 0 Å². The summed E-state index contributed by atoms with van der Waals surface area (Å²) >= 11 is 0. The maximum absolute atomic E-state index is 12.7. The molecule has 2 heterocycles. The van der Waals surface area contributed by atoms with Crippen molar-refractivity contribution in [1.29, 1.82) is 0 Å². The molecule has 1 N–H and O–H groups in total. The van der Waals surface area contributed by atoms with E-state index in [9.17, 15) is 4.79 Å². The van der Waals surface area contributed by atoms with Gasteiger partial charge in [-0.3, -0.25) is 9.69 Å². The first-order valence-electron chi connectivity index (χ1n) is 11.2. The third kappa shape index (κ3) is 6.46. The summed E-state index contributed by atoms with van der Waals surface area (Å²) in [7, 11) is 5.59. The van der Waals surface area contributed by atoms with Crippen LogP contribution in [0.25, 0.3) is 0 Å². The Labute approximate surface area is 207 Å². The van der Waals surface area contributed by atoms with Crippen LogP contribution < -0.4 is 10.1 Å². The maximum Gasteiger partial charge on any atom is 0.223 e. The molecule has 1 fully saturated rings. The molecular formula is C26H32ClN5O2. The molecule has 1 amide bonds. The van der Waals surface area contributed by atoms with E-state index in [1.807, 2.05) is 48.3 Å². The molecule has 180 valence electrons. The van der Waals surface area contributed by atoms with Crippen molar-refractivity contribution in [3.05, 3.63) is 83.3 Å². The molecule has 3 aromatic rings. The van der Waals surface area contributed by atoms with Crippen molar-refractivity contribution in [3.63, 3.8) is 0 Å². The number of anilines is 1. The minimum Gasteiger partial charge on any atom is -0.497 e. The summed E-state index contributed by atoms with van der Waals surface area (Å²) in [4.78, 5) is 26.3. The Morgan fingerprint density at radius 2 is 1.79 bits per heavy atom. The molecule has 4 rings (SSSR count). The number of nitrogens with zero attached hydrogens (tertiary/aromatic N) is 4. The Balaban J connectivity index is 0.00000324. The molecule has 1 aliphatic heterocycles. The van der Waals surface area contributed by atoms with Gasteiger partial charge >= 0.3 is 0 Å². The van der Waals surface area contributed by atoms with E-state index in [0.29, 0.717) is 26.1 Å². The van der Waals surface area contributed by atoms with Gasteiger partial charge in [-0.05, 0) is 30.3 Å². The third-order valence-corrected chi connectivity index (χ3v) is 5.92. The molecule has 1 aromatic heterocycles. The number of likely N-dealkylation sites (tertiary alicyclic amines) is 1. The second-order valence-corrected chi connectivity index (χ2v) is 8.53. The SMILES string of the molecule is CNc1cc(C2CC(=O)N(Cc3ccccc3)C2)nc(CN(C)Cc2ccc(OC)cc2)n1.Cl. The van der Waals surface area contributed by atoms with E-state index >= 15 is 0 Å². The fourth-order valence-corrected chi connectivity index (χ4v) is 4.19. The standard InChI is InChI=1S/C26H31N5O2.ClH/c1-27-24-14-23(21-13-26(32)31(17-21)16-19-7-5-4-6-8-19)28-25(29-24)18-30(2)15-20-9-11-22(33-3)12-10-20;/h4-12,14,21H,13,15-18H2,1-3H3,(H,27,28,29);1H. The number of rotatable bonds is 9. The Bertz CT molecular complexity index is 1080. The molecule has 2 aromatic carbocycles. The second-order valence-electron chi connectivity index (χ2n) is 8.53. The molecule has 0 saturated carbocycles. The molecule has 34 heavy (non-hydrogen) atoms. The van der Waals surface area contributed by atoms with Crippen LogP contribution in [-0.4, -0.2) is 53.4 Å². The van der Waals surface area contributed by atoms with E-state index in [2.05, 4.69) is 46.5 Å². The highest BCUT2D eigenvalue weighted by Gasteiger charge is 2.32. The van der Waals surface area contributed by atoms with Gasteiger partial charge in [0.1, 0.15) is 17.4 Å². The van der Waals surface area contributed by atoms with Gasteiger partial charge in [0.15, 0.2) is 0 Å². The highest BCUT2D eigenvalue weighted by Crippen LogP contribution is 2.29. The van der Waals surface area contributed by atoms with Gasteiger partial charge in [0.05, 0.1) is 19.3 Å². The van der Waals surface area contributed by atoms with E-state index in [1.165, 1.54) is 5.56 Å². The minimum atomic E-state index is 0. The van der Waals surface area contributed by atoms with Crippen LogP contribution in [0, 0.1) is 0 Å². The van der Waals surface area contributed by atoms with Crippen molar-refractivity contribution in [3.8, 4) is 5.75 Å². The molecule has 1 atom stereocenters. The van der Waals surface area contributed by atoms with Crippen LogP contribution in [-0.2, 0) is 24.4 Å². The van der Waals surface area contributed by atoms with E-state index in [0.717, 1.165) is 35.2 Å². The van der Waals surface area contributed by atoms with Gasteiger partial charge in [0, 0.05) is 45.1 Å². The largest absolute Gasteiger partial charge is 0.497 e. The zero-order valence-electron chi connectivity index (χ0n) is 19.9. The van der Waals surface area contributed by atoms with Crippen LogP contribution in [0.2, 0.25) is 0 Å². The summed E-state index contributed by atoms with van der Waals surface area (Å²) in [6.45, 7) is 2.70. The second kappa shape index (κ2) is 11.8. The predicted molar refractivity (Wildman–Crippen MR) is 136 cm³/mol. The number of nitrogens with one attached hydrogen (secondary N) is 1. The molecule has 1 unspecified atom stereocenters. The molecule has 8 heteroatoms. The molecule has 0 spiro atoms. The molecule has 1 aliphatic rings. The number of carbonyl (C=O) groups excluding carboxylic acids is 1. The first-order chi connectivity index (χ1) is 16.0. The molecule has 7 nitrogen and oxygen atoms in total. The Kier molecular flexibility index (Phi) is 8.85. The molecular weight excluding hydrogens is 450 g/mol. The topological polar surface area (TPSA) is 70.6 Å². The number of ether oxygens (including phenoxy) is 1. The highest BCUT2D eigenvalue weighted by atomic mass is 35.5. The molecule has 0 radical (unpaired) electrons. The van der Waals surface area contributed by atoms with Gasteiger partial charge in [-0.25, -0.2) is 9.97 Å². The van der Waals surface area contributed by atoms with Gasteiger partial charge in [-0.15, -0.1) is 12.4 Å². The lowest BCUT2D eigenvalue weighted by Gasteiger charge is -2.19. The van der Waals surface area contributed by atoms with Crippen molar-refractivity contribution >= 4 is 24.1 Å². The molecule has 0 aliphatic carbocycles. The lowest BCUT2D eigenvalue weighted by atomic mass is 10.0.